The van der Waals surface area contributed by atoms with Crippen molar-refractivity contribution in [2.45, 2.75) is 52.1 Å². The second-order valence-corrected chi connectivity index (χ2v) is 14.6. The number of carbonyl (C=O) groups excluding carboxylic acids is 2. The second-order valence-electron chi connectivity index (χ2n) is 13.4. The molecule has 7 heterocycles. The molecular formula is C44H35F3N8O4RuS. The van der Waals surface area contributed by atoms with E-state index < -0.39 is 11.9 Å². The number of alkyl halides is 3. The molecule has 0 spiro atoms. The van der Waals surface area contributed by atoms with Crippen LogP contribution in [0.2, 0.25) is 0 Å². The van der Waals surface area contributed by atoms with E-state index in [1.165, 1.54) is 30.3 Å². The smallest absolute Gasteiger partial charge is 0.574 e. The third-order valence-corrected chi connectivity index (χ3v) is 10.3. The van der Waals surface area contributed by atoms with Crippen molar-refractivity contribution in [1.29, 1.82) is 0 Å². The molecule has 0 aliphatic rings. The maximum atomic E-state index is 13.0. The number of unbranched alkanes of at least 4 members (excludes halogenated alkanes) is 3. The first-order chi connectivity index (χ1) is 29.1. The molecule has 0 fully saturated rings. The van der Waals surface area contributed by atoms with Gasteiger partial charge in [0.1, 0.15) is 17.2 Å². The van der Waals surface area contributed by atoms with Gasteiger partial charge in [0.2, 0.25) is 0 Å². The molecule has 12 nitrogen and oxygen atoms in total. The van der Waals surface area contributed by atoms with Gasteiger partial charge in [0.05, 0.1) is 34.0 Å². The molecule has 0 N–H and O–H groups in total. The van der Waals surface area contributed by atoms with Gasteiger partial charge in [0.25, 0.3) is 12.9 Å². The molecule has 0 aliphatic heterocycles. The van der Waals surface area contributed by atoms with Crippen LogP contribution in [0.25, 0.3) is 66.8 Å². The van der Waals surface area contributed by atoms with Gasteiger partial charge in [-0.3, -0.25) is 24.5 Å². The fourth-order valence-electron chi connectivity index (χ4n) is 6.29. The maximum absolute atomic E-state index is 13.0. The average molecular weight is 930 g/mol. The van der Waals surface area contributed by atoms with Gasteiger partial charge >= 0.3 is 25.7 Å². The fraction of sp³-hybridized carbons (Fsp3) is 0.182. The summed E-state index contributed by atoms with van der Waals surface area (Å²) in [5.41, 5.74) is 5.12. The number of carbonyl (C=O) groups is 2. The molecule has 0 unspecified atom stereocenters. The first kappa shape index (κ1) is 44.1. The molecule has 0 bridgehead atoms. The van der Waals surface area contributed by atoms with Crippen molar-refractivity contribution in [1.82, 2.24) is 40.3 Å². The van der Waals surface area contributed by atoms with Gasteiger partial charge in [0.15, 0.2) is 0 Å². The van der Waals surface area contributed by atoms with Crippen LogP contribution in [0.3, 0.4) is 0 Å². The van der Waals surface area contributed by atoms with Crippen molar-refractivity contribution in [3.05, 3.63) is 120 Å². The van der Waals surface area contributed by atoms with Crippen LogP contribution in [-0.4, -0.2) is 43.1 Å². The number of fused-ring (bicyclic) bond motifs is 1. The molecular weight excluding hydrogens is 895 g/mol. The summed E-state index contributed by atoms with van der Waals surface area (Å²) in [4.78, 5) is 41.7. The van der Waals surface area contributed by atoms with Crippen molar-refractivity contribution in [3.8, 4) is 67.4 Å². The van der Waals surface area contributed by atoms with Gasteiger partial charge in [-0.2, -0.15) is 13.2 Å². The first-order valence-electron chi connectivity index (χ1n) is 18.8. The third kappa shape index (κ3) is 11.0. The monoisotopic (exact) mass is 930 g/mol. The minimum absolute atomic E-state index is 0. The minimum Gasteiger partial charge on any atom is -0.574 e. The number of ether oxygens (including phenoxy) is 2. The first-order valence-corrected chi connectivity index (χ1v) is 19.6. The number of hydrogen-bond acceptors (Lipinski definition) is 11. The van der Waals surface area contributed by atoms with Gasteiger partial charge in [-0.25, -0.2) is 4.98 Å². The zero-order valence-electron chi connectivity index (χ0n) is 32.6. The molecule has 7 aromatic heterocycles. The standard InChI is InChI=1S/C23H22F3N5S.C21H13N3O4.Ru/c1-3-4-5-6-7-16-8-9-21(32-16)15-11-17(19-10-14(2)28-29-19)27-18(12-15)20-13-22(31-30-20)23(24,25)26;25-12-27-15-6-8-22-19(9-15)20-11-16(28-13-26)10-18(24-20)17-5-1-3-14-4-2-7-23-21(14)17;/h8-13H,3-7H2,1-2H3;1-13H;/q-2;;+2. The molecule has 0 saturated heterocycles. The van der Waals surface area contributed by atoms with Crippen LogP contribution >= 0.6 is 11.3 Å². The Morgan fingerprint density at radius 2 is 1.41 bits per heavy atom. The summed E-state index contributed by atoms with van der Waals surface area (Å²) < 4.78 is 49.0. The number of benzene rings is 1. The molecule has 0 radical (unpaired) electrons. The predicted octanol–water partition coefficient (Wildman–Crippen LogP) is 9.73. The number of halogens is 3. The molecule has 8 rings (SSSR count). The van der Waals surface area contributed by atoms with Gasteiger partial charge < -0.3 is 29.9 Å². The molecule has 310 valence electrons. The van der Waals surface area contributed by atoms with Gasteiger partial charge in [-0.15, -0.1) is 11.3 Å². The van der Waals surface area contributed by atoms with Crippen LogP contribution in [0.5, 0.6) is 11.5 Å². The molecule has 0 saturated carbocycles. The van der Waals surface area contributed by atoms with Crippen LogP contribution < -0.4 is 19.7 Å². The molecule has 61 heavy (non-hydrogen) atoms. The predicted molar refractivity (Wildman–Crippen MR) is 220 cm³/mol. The Balaban J connectivity index is 0.000000202. The molecule has 17 heteroatoms. The average Bonchev–Trinajstić information content (AvgIpc) is 4.05. The zero-order chi connectivity index (χ0) is 42.1. The van der Waals surface area contributed by atoms with E-state index in [2.05, 4.69) is 53.3 Å². The SMILES string of the molecule is CCCCCCc1ccc(-c2cc(-c3cc(C)n[n-]3)nc(-c3cc(C(F)(F)F)n[n-]3)c2)s1.O=COc1ccnc(-c2cc(OC=O)cc(-c3cccc4cccnc34)n2)c1.[Ru+2]. The van der Waals surface area contributed by atoms with E-state index in [9.17, 15) is 22.8 Å². The Morgan fingerprint density at radius 1 is 0.705 bits per heavy atom. The Hall–Kier alpha value is -6.45. The summed E-state index contributed by atoms with van der Waals surface area (Å²) >= 11 is 1.69. The minimum atomic E-state index is -4.56. The number of aromatic nitrogens is 8. The van der Waals surface area contributed by atoms with Crippen LogP contribution in [-0.2, 0) is 41.7 Å². The second kappa shape index (κ2) is 20.2. The van der Waals surface area contributed by atoms with Crippen molar-refractivity contribution in [2.24, 2.45) is 0 Å². The molecule has 0 amide bonds. The van der Waals surface area contributed by atoms with E-state index in [1.807, 2.05) is 49.4 Å². The Labute approximate surface area is 364 Å². The fourth-order valence-corrected chi connectivity index (χ4v) is 7.33. The normalized spacial score (nSPS) is 11.0. The van der Waals surface area contributed by atoms with Gasteiger partial charge in [-0.05, 0) is 67.8 Å². The van der Waals surface area contributed by atoms with E-state index in [0.717, 1.165) is 51.5 Å². The van der Waals surface area contributed by atoms with Gasteiger partial charge in [-0.1, -0.05) is 67.9 Å². The van der Waals surface area contributed by atoms with Crippen molar-refractivity contribution in [2.75, 3.05) is 0 Å². The van der Waals surface area contributed by atoms with Crippen LogP contribution in [0, 0.1) is 6.92 Å². The largest absolute Gasteiger partial charge is 2.00 e. The summed E-state index contributed by atoms with van der Waals surface area (Å²) in [6.45, 7) is 4.70. The molecule has 1 aromatic carbocycles. The summed E-state index contributed by atoms with van der Waals surface area (Å²) in [5, 5.41) is 16.1. The van der Waals surface area contributed by atoms with E-state index >= 15 is 0 Å². The molecule has 0 atom stereocenters. The zero-order valence-corrected chi connectivity index (χ0v) is 35.2. The Bertz CT molecular complexity index is 2750. The summed E-state index contributed by atoms with van der Waals surface area (Å²) in [7, 11) is 0. The quantitative estimate of drug-likeness (QED) is 0.0579. The number of thiophene rings is 1. The number of hydrogen-bond donors (Lipinski definition) is 0. The summed E-state index contributed by atoms with van der Waals surface area (Å²) in [6, 6.07) is 26.5. The third-order valence-electron chi connectivity index (χ3n) is 9.13. The summed E-state index contributed by atoms with van der Waals surface area (Å²) in [6.07, 6.45) is 4.46. The topological polar surface area (TPSA) is 158 Å². The number of rotatable bonds is 14. The van der Waals surface area contributed by atoms with Crippen LogP contribution in [0.1, 0.15) is 48.9 Å². The summed E-state index contributed by atoms with van der Waals surface area (Å²) in [5.74, 6) is 0.642. The van der Waals surface area contributed by atoms with Crippen molar-refractivity contribution < 1.29 is 51.7 Å². The number of nitrogens with zero attached hydrogens (tertiary/aromatic N) is 8. The maximum Gasteiger partial charge on any atom is 2.00 e. The van der Waals surface area contributed by atoms with E-state index in [1.54, 1.807) is 53.9 Å². The number of pyridine rings is 4. The Morgan fingerprint density at radius 3 is 2.13 bits per heavy atom. The van der Waals surface area contributed by atoms with Crippen LogP contribution in [0.15, 0.2) is 103 Å². The van der Waals surface area contributed by atoms with Gasteiger partial charge in [0, 0.05) is 57.0 Å². The van der Waals surface area contributed by atoms with E-state index in [4.69, 9.17) is 9.47 Å². The van der Waals surface area contributed by atoms with E-state index in [0.29, 0.717) is 58.6 Å². The van der Waals surface area contributed by atoms with Crippen molar-refractivity contribution in [3.63, 3.8) is 0 Å². The van der Waals surface area contributed by atoms with Crippen molar-refractivity contribution >= 4 is 35.2 Å². The number of aryl methyl sites for hydroxylation is 2. The number of para-hydroxylation sites is 1. The molecule has 8 aromatic rings. The van der Waals surface area contributed by atoms with Crippen LogP contribution in [0.4, 0.5) is 13.2 Å². The molecule has 0 aliphatic carbocycles. The Kier molecular flexibility index (Phi) is 14.6. The van der Waals surface area contributed by atoms with E-state index in [-0.39, 0.29) is 25.2 Å².